The molecule has 4 heteroatoms. The summed E-state index contributed by atoms with van der Waals surface area (Å²) in [5.41, 5.74) is 0. The van der Waals surface area contributed by atoms with Gasteiger partial charge in [0.15, 0.2) is 0 Å². The second kappa shape index (κ2) is 2.18. The van der Waals surface area contributed by atoms with Gasteiger partial charge in [0.25, 0.3) is 0 Å². The maximum atomic E-state index is 4.86. The molecule has 0 aliphatic rings. The highest BCUT2D eigenvalue weighted by Gasteiger charge is 1.69. The first kappa shape index (κ1) is 4.93. The molecule has 1 rings (SSSR count). The molecule has 1 atom stereocenters. The number of rotatable bonds is 0. The Morgan fingerprint density at radius 3 is 3.00 bits per heavy atom. The van der Waals surface area contributed by atoms with Crippen LogP contribution in [0.1, 0.15) is 0 Å². The average Bonchev–Trinajstić information content (AvgIpc) is 1.86. The van der Waals surface area contributed by atoms with Crippen molar-refractivity contribution in [2.75, 3.05) is 0 Å². The second-order valence-corrected chi connectivity index (χ2v) is 6.06. The van der Waals surface area contributed by atoms with Crippen molar-refractivity contribution in [2.24, 2.45) is 0 Å². The molecule has 0 nitrogen and oxygen atoms in total. The smallest absolute Gasteiger partial charge is 0.110 e. The highest BCUT2D eigenvalue weighted by molar-refractivity contribution is 7.97. The van der Waals surface area contributed by atoms with Gasteiger partial charge in [-0.2, -0.15) is 0 Å². The Labute approximate surface area is 48.3 Å². The topological polar surface area (TPSA) is 0 Å². The SMILES string of the molecule is S=c1[pH]pcs1. The molecule has 32 valence electrons. The minimum atomic E-state index is 0.894. The lowest BCUT2D eigenvalue weighted by Crippen LogP contribution is -1.10. The van der Waals surface area contributed by atoms with E-state index in [1.54, 1.807) is 11.3 Å². The first-order valence-corrected chi connectivity index (χ1v) is 5.47. The molecule has 0 fully saturated rings. The van der Waals surface area contributed by atoms with Crippen LogP contribution in [0, 0.1) is 3.56 Å². The van der Waals surface area contributed by atoms with Crippen LogP contribution in [0.4, 0.5) is 0 Å². The Hall–Kier alpha value is 0.780. The van der Waals surface area contributed by atoms with E-state index in [2.05, 4.69) is 5.11 Å². The van der Waals surface area contributed by atoms with Gasteiger partial charge in [-0.05, 0) is 7.87 Å². The Kier molecular flexibility index (Phi) is 1.79. The van der Waals surface area contributed by atoms with Gasteiger partial charge in [0.1, 0.15) is 3.56 Å². The Balaban J connectivity index is 3.41. The summed E-state index contributed by atoms with van der Waals surface area (Å²) in [7, 11) is 2.30. The summed E-state index contributed by atoms with van der Waals surface area (Å²) in [6.45, 7) is 0. The molecule has 0 bridgehead atoms. The van der Waals surface area contributed by atoms with Crippen LogP contribution in [-0.2, 0) is 0 Å². The van der Waals surface area contributed by atoms with Gasteiger partial charge >= 0.3 is 0 Å². The maximum Gasteiger partial charge on any atom is 0.110 e. The molecule has 0 spiro atoms. The zero-order valence-corrected chi connectivity index (χ0v) is 6.37. The Bertz CT molecular complexity index is 147. The summed E-state index contributed by atoms with van der Waals surface area (Å²) in [4.78, 5) is 0. The third-order valence-electron chi connectivity index (χ3n) is 0.368. The molecular weight excluding hydrogens is 150 g/mol. The van der Waals surface area contributed by atoms with Gasteiger partial charge in [-0.25, -0.2) is 0 Å². The van der Waals surface area contributed by atoms with E-state index in [9.17, 15) is 0 Å². The van der Waals surface area contributed by atoms with E-state index in [1.807, 2.05) is 0 Å². The van der Waals surface area contributed by atoms with Crippen molar-refractivity contribution in [3.05, 3.63) is 8.67 Å². The maximum absolute atomic E-state index is 4.86. The molecular formula is C2H2P2S2. The summed E-state index contributed by atoms with van der Waals surface area (Å²) >= 11 is 6.56. The molecule has 0 radical (unpaired) electrons. The van der Waals surface area contributed by atoms with Crippen molar-refractivity contribution in [1.82, 2.24) is 0 Å². The van der Waals surface area contributed by atoms with E-state index in [0.717, 1.165) is 11.4 Å². The largest absolute Gasteiger partial charge is 0.123 e. The van der Waals surface area contributed by atoms with E-state index in [0.29, 0.717) is 0 Å². The monoisotopic (exact) mass is 152 g/mol. The van der Waals surface area contributed by atoms with Crippen LogP contribution in [0.15, 0.2) is 5.11 Å². The second-order valence-electron chi connectivity index (χ2n) is 0.752. The van der Waals surface area contributed by atoms with Gasteiger partial charge in [0.2, 0.25) is 0 Å². The molecule has 0 amide bonds. The molecule has 0 saturated carbocycles. The molecule has 1 aromatic heterocycles. The summed E-state index contributed by atoms with van der Waals surface area (Å²) in [6.07, 6.45) is 0. The first-order chi connectivity index (χ1) is 2.89. The molecule has 0 N–H and O–H groups in total. The fraction of sp³-hybridized carbons (Fsp3) is 0. The summed E-state index contributed by atoms with van der Waals surface area (Å²) < 4.78 is 1.16. The highest BCUT2D eigenvalue weighted by Crippen LogP contribution is 2.26. The molecule has 1 heterocycles. The Morgan fingerprint density at radius 1 is 2.00 bits per heavy atom. The van der Waals surface area contributed by atoms with Crippen LogP contribution in [0.3, 0.4) is 0 Å². The summed E-state index contributed by atoms with van der Waals surface area (Å²) in [6, 6.07) is 0. The average molecular weight is 152 g/mol. The van der Waals surface area contributed by atoms with Gasteiger partial charge < -0.3 is 0 Å². The molecule has 1 aromatic rings. The predicted molar refractivity (Wildman–Crippen MR) is 37.2 cm³/mol. The standard InChI is InChI=1S/C2H2P2S2/c5-2-4-3-1-6-2/h1,4H. The van der Waals surface area contributed by atoms with E-state index in [4.69, 9.17) is 12.2 Å². The van der Waals surface area contributed by atoms with Crippen molar-refractivity contribution in [1.29, 1.82) is 0 Å². The van der Waals surface area contributed by atoms with Gasteiger partial charge in [-0.1, -0.05) is 20.1 Å². The third kappa shape index (κ3) is 1.13. The zero-order valence-electron chi connectivity index (χ0n) is 2.84. The van der Waals surface area contributed by atoms with Crippen molar-refractivity contribution >= 4 is 39.3 Å². The number of hydrogen-bond donors (Lipinski definition) is 0. The lowest BCUT2D eigenvalue weighted by Gasteiger charge is -1.48. The molecule has 0 saturated heterocycles. The first-order valence-electron chi connectivity index (χ1n) is 1.38. The van der Waals surface area contributed by atoms with Gasteiger partial charge in [-0.3, -0.25) is 0 Å². The third-order valence-corrected chi connectivity index (χ3v) is 5.91. The van der Waals surface area contributed by atoms with Crippen molar-refractivity contribution in [3.8, 4) is 0 Å². The lowest BCUT2D eigenvalue weighted by molar-refractivity contribution is 2.74. The minimum Gasteiger partial charge on any atom is -0.123 e. The summed E-state index contributed by atoms with van der Waals surface area (Å²) in [5, 5.41) is 2.14. The van der Waals surface area contributed by atoms with Gasteiger partial charge in [0, 0.05) is 5.11 Å². The molecule has 0 aromatic carbocycles. The van der Waals surface area contributed by atoms with Crippen LogP contribution in [0.5, 0.6) is 0 Å². The normalized spacial score (nSPS) is 11.3. The van der Waals surface area contributed by atoms with Crippen LogP contribution < -0.4 is 0 Å². The van der Waals surface area contributed by atoms with E-state index >= 15 is 0 Å². The fourth-order valence-corrected chi connectivity index (χ4v) is 4.85. The highest BCUT2D eigenvalue weighted by atomic mass is 32.2. The van der Waals surface area contributed by atoms with Crippen molar-refractivity contribution in [2.45, 2.75) is 0 Å². The van der Waals surface area contributed by atoms with Crippen molar-refractivity contribution in [3.63, 3.8) is 0 Å². The fourth-order valence-electron chi connectivity index (χ4n) is 0.180. The minimum absolute atomic E-state index is 0.894. The zero-order chi connectivity index (χ0) is 4.41. The van der Waals surface area contributed by atoms with E-state index < -0.39 is 0 Å². The molecule has 6 heavy (non-hydrogen) atoms. The molecule has 0 aliphatic heterocycles. The van der Waals surface area contributed by atoms with Crippen LogP contribution in [-0.4, -0.2) is 0 Å². The van der Waals surface area contributed by atoms with E-state index in [-0.39, 0.29) is 0 Å². The lowest BCUT2D eigenvalue weighted by atomic mass is 11.9. The van der Waals surface area contributed by atoms with E-state index in [1.165, 1.54) is 7.87 Å². The van der Waals surface area contributed by atoms with Crippen LogP contribution >= 0.6 is 39.3 Å². The molecule has 1 unspecified atom stereocenters. The van der Waals surface area contributed by atoms with Gasteiger partial charge in [0.05, 0.1) is 0 Å². The predicted octanol–water partition coefficient (Wildman–Crippen LogP) is 3.09. The quantitative estimate of drug-likeness (QED) is 0.515. The molecule has 0 aliphatic carbocycles. The van der Waals surface area contributed by atoms with Gasteiger partial charge in [-0.15, -0.1) is 11.3 Å². The number of hydrogen-bond acceptors (Lipinski definition) is 2. The van der Waals surface area contributed by atoms with Crippen LogP contribution in [0.25, 0.3) is 0 Å². The van der Waals surface area contributed by atoms with Crippen molar-refractivity contribution < 1.29 is 0 Å². The Morgan fingerprint density at radius 2 is 2.83 bits per heavy atom. The van der Waals surface area contributed by atoms with Crippen LogP contribution in [0.2, 0.25) is 0 Å². The summed E-state index contributed by atoms with van der Waals surface area (Å²) in [5.74, 6) is 0.